The molecule has 0 unspecified atom stereocenters. The molecule has 0 saturated heterocycles. The van der Waals surface area contributed by atoms with E-state index in [2.05, 4.69) is 9.72 Å². The summed E-state index contributed by atoms with van der Waals surface area (Å²) in [5.41, 5.74) is -1.21. The summed E-state index contributed by atoms with van der Waals surface area (Å²) in [7, 11) is 0. The van der Waals surface area contributed by atoms with Gasteiger partial charge in [0.25, 0.3) is 5.56 Å². The zero-order valence-electron chi connectivity index (χ0n) is 7.57. The number of H-pyrrole nitrogens is 2. The summed E-state index contributed by atoms with van der Waals surface area (Å²) in [5, 5.41) is 8.13. The maximum absolute atomic E-state index is 11.1. The SMILES string of the molecule is N#CCOC(=O)Cc1c[nH]c(=O)[nH]c1=O. The van der Waals surface area contributed by atoms with Gasteiger partial charge in [0.05, 0.1) is 6.42 Å². The van der Waals surface area contributed by atoms with Gasteiger partial charge in [-0.2, -0.15) is 5.26 Å². The second kappa shape index (κ2) is 4.76. The van der Waals surface area contributed by atoms with Crippen LogP contribution in [0.3, 0.4) is 0 Å². The third-order valence-corrected chi connectivity index (χ3v) is 1.53. The fourth-order valence-electron chi connectivity index (χ4n) is 0.888. The fourth-order valence-corrected chi connectivity index (χ4v) is 0.888. The lowest BCUT2D eigenvalue weighted by Gasteiger charge is -1.98. The molecule has 2 N–H and O–H groups in total. The van der Waals surface area contributed by atoms with Gasteiger partial charge in [-0.1, -0.05) is 0 Å². The van der Waals surface area contributed by atoms with Crippen molar-refractivity contribution in [3.63, 3.8) is 0 Å². The molecule has 1 aromatic rings. The number of nitrogens with zero attached hydrogens (tertiary/aromatic N) is 1. The Kier molecular flexibility index (Phi) is 3.40. The Morgan fingerprint density at radius 1 is 1.53 bits per heavy atom. The van der Waals surface area contributed by atoms with Gasteiger partial charge >= 0.3 is 11.7 Å². The Bertz CT molecular complexity index is 508. The van der Waals surface area contributed by atoms with E-state index < -0.39 is 17.2 Å². The standard InChI is InChI=1S/C8H7N3O4/c9-1-2-15-6(12)3-5-4-10-8(14)11-7(5)13/h4H,2-3H2,(H2,10,11,13,14). The molecule has 1 rings (SSSR count). The summed E-state index contributed by atoms with van der Waals surface area (Å²) in [6.07, 6.45) is 0.850. The zero-order valence-corrected chi connectivity index (χ0v) is 7.57. The van der Waals surface area contributed by atoms with E-state index >= 15 is 0 Å². The Hall–Kier alpha value is -2.36. The number of esters is 1. The summed E-state index contributed by atoms with van der Waals surface area (Å²) >= 11 is 0. The summed E-state index contributed by atoms with van der Waals surface area (Å²) in [4.78, 5) is 36.9. The maximum atomic E-state index is 11.1. The molecule has 15 heavy (non-hydrogen) atoms. The number of hydrogen-bond acceptors (Lipinski definition) is 5. The topological polar surface area (TPSA) is 116 Å². The van der Waals surface area contributed by atoms with Gasteiger partial charge in [0, 0.05) is 11.8 Å². The van der Waals surface area contributed by atoms with Crippen LogP contribution in [-0.4, -0.2) is 22.5 Å². The first-order valence-electron chi connectivity index (χ1n) is 3.97. The van der Waals surface area contributed by atoms with Crippen LogP contribution in [0.4, 0.5) is 0 Å². The molecule has 0 amide bonds. The van der Waals surface area contributed by atoms with Gasteiger partial charge < -0.3 is 9.72 Å². The smallest absolute Gasteiger partial charge is 0.325 e. The number of nitrogens with one attached hydrogen (secondary N) is 2. The van der Waals surface area contributed by atoms with Gasteiger partial charge in [-0.15, -0.1) is 0 Å². The molecular weight excluding hydrogens is 202 g/mol. The van der Waals surface area contributed by atoms with Crippen molar-refractivity contribution < 1.29 is 9.53 Å². The number of rotatable bonds is 3. The predicted molar refractivity (Wildman–Crippen MR) is 48.0 cm³/mol. The van der Waals surface area contributed by atoms with E-state index in [4.69, 9.17) is 5.26 Å². The molecule has 0 aromatic carbocycles. The molecular formula is C8H7N3O4. The van der Waals surface area contributed by atoms with E-state index in [1.807, 2.05) is 4.98 Å². The van der Waals surface area contributed by atoms with E-state index in [9.17, 15) is 14.4 Å². The molecule has 0 atom stereocenters. The molecule has 0 spiro atoms. The zero-order chi connectivity index (χ0) is 11.3. The van der Waals surface area contributed by atoms with E-state index in [1.165, 1.54) is 0 Å². The van der Waals surface area contributed by atoms with E-state index in [-0.39, 0.29) is 18.6 Å². The second-order valence-electron chi connectivity index (χ2n) is 2.59. The lowest BCUT2D eigenvalue weighted by molar-refractivity contribution is -0.141. The minimum absolute atomic E-state index is 0.0811. The van der Waals surface area contributed by atoms with E-state index in [1.54, 1.807) is 6.07 Å². The average Bonchev–Trinajstić information content (AvgIpc) is 2.19. The van der Waals surface area contributed by atoms with Crippen LogP contribution in [0, 0.1) is 11.3 Å². The lowest BCUT2D eigenvalue weighted by Crippen LogP contribution is -2.26. The predicted octanol–water partition coefficient (Wildman–Crippen LogP) is -1.33. The van der Waals surface area contributed by atoms with Crippen LogP contribution >= 0.6 is 0 Å². The van der Waals surface area contributed by atoms with Crippen molar-refractivity contribution in [2.24, 2.45) is 0 Å². The van der Waals surface area contributed by atoms with Gasteiger partial charge in [0.1, 0.15) is 6.07 Å². The molecule has 1 aromatic heterocycles. The summed E-state index contributed by atoms with van der Waals surface area (Å²) < 4.78 is 4.44. The van der Waals surface area contributed by atoms with Crippen molar-refractivity contribution in [2.45, 2.75) is 6.42 Å². The Balaban J connectivity index is 2.74. The summed E-state index contributed by atoms with van der Waals surface area (Å²) in [6, 6.07) is 1.62. The van der Waals surface area contributed by atoms with E-state index in [0.29, 0.717) is 0 Å². The van der Waals surface area contributed by atoms with Crippen LogP contribution in [0.5, 0.6) is 0 Å². The molecule has 0 saturated carbocycles. The van der Waals surface area contributed by atoms with E-state index in [0.717, 1.165) is 6.20 Å². The minimum atomic E-state index is -0.700. The lowest BCUT2D eigenvalue weighted by atomic mass is 10.2. The maximum Gasteiger partial charge on any atom is 0.325 e. The van der Waals surface area contributed by atoms with Crippen LogP contribution in [-0.2, 0) is 16.0 Å². The molecule has 7 nitrogen and oxygen atoms in total. The highest BCUT2D eigenvalue weighted by molar-refractivity contribution is 5.72. The third-order valence-electron chi connectivity index (χ3n) is 1.53. The van der Waals surface area contributed by atoms with Crippen LogP contribution < -0.4 is 11.2 Å². The molecule has 78 valence electrons. The van der Waals surface area contributed by atoms with Crippen LogP contribution in [0.2, 0.25) is 0 Å². The van der Waals surface area contributed by atoms with Gasteiger partial charge in [-0.05, 0) is 0 Å². The number of ether oxygens (including phenoxy) is 1. The first-order chi connectivity index (χ1) is 7.13. The summed E-state index contributed by atoms with van der Waals surface area (Å²) in [5.74, 6) is -0.700. The molecule has 0 bridgehead atoms. The number of aromatic nitrogens is 2. The molecule has 0 fully saturated rings. The molecule has 0 aliphatic rings. The highest BCUT2D eigenvalue weighted by atomic mass is 16.5. The molecule has 0 aliphatic carbocycles. The number of carbonyl (C=O) groups excluding carboxylic acids is 1. The number of aromatic amines is 2. The largest absolute Gasteiger partial charge is 0.450 e. The first-order valence-corrected chi connectivity index (χ1v) is 3.97. The molecule has 1 heterocycles. The highest BCUT2D eigenvalue weighted by Gasteiger charge is 2.08. The van der Waals surface area contributed by atoms with Crippen molar-refractivity contribution in [2.75, 3.05) is 6.61 Å². The summed E-state index contributed by atoms with van der Waals surface area (Å²) in [6.45, 7) is -0.361. The average molecular weight is 209 g/mol. The van der Waals surface area contributed by atoms with Crippen LogP contribution in [0.15, 0.2) is 15.8 Å². The third kappa shape index (κ3) is 3.11. The second-order valence-corrected chi connectivity index (χ2v) is 2.59. The van der Waals surface area contributed by atoms with Crippen molar-refractivity contribution in [3.8, 4) is 6.07 Å². The molecule has 0 radical (unpaired) electrons. The van der Waals surface area contributed by atoms with Crippen molar-refractivity contribution in [1.29, 1.82) is 5.26 Å². The Morgan fingerprint density at radius 2 is 2.27 bits per heavy atom. The Labute approximate surface area is 83.3 Å². The van der Waals surface area contributed by atoms with Gasteiger partial charge in [0.2, 0.25) is 0 Å². The van der Waals surface area contributed by atoms with Gasteiger partial charge in [0.15, 0.2) is 6.61 Å². The molecule has 7 heteroatoms. The number of nitriles is 1. The van der Waals surface area contributed by atoms with Gasteiger partial charge in [-0.25, -0.2) is 4.79 Å². The van der Waals surface area contributed by atoms with Crippen molar-refractivity contribution >= 4 is 5.97 Å². The fraction of sp³-hybridized carbons (Fsp3) is 0.250. The minimum Gasteiger partial charge on any atom is -0.450 e. The Morgan fingerprint density at radius 3 is 2.87 bits per heavy atom. The van der Waals surface area contributed by atoms with Gasteiger partial charge in [-0.3, -0.25) is 14.6 Å². The first kappa shape index (κ1) is 10.7. The normalized spacial score (nSPS) is 9.27. The number of hydrogen-bond donors (Lipinski definition) is 2. The molecule has 0 aliphatic heterocycles. The monoisotopic (exact) mass is 209 g/mol. The highest BCUT2D eigenvalue weighted by Crippen LogP contribution is 1.90. The number of carbonyl (C=O) groups is 1. The van der Waals surface area contributed by atoms with Crippen molar-refractivity contribution in [1.82, 2.24) is 9.97 Å². The van der Waals surface area contributed by atoms with Crippen LogP contribution in [0.1, 0.15) is 5.56 Å². The van der Waals surface area contributed by atoms with Crippen LogP contribution in [0.25, 0.3) is 0 Å². The van der Waals surface area contributed by atoms with Crippen molar-refractivity contribution in [3.05, 3.63) is 32.6 Å². The quantitative estimate of drug-likeness (QED) is 0.598.